The zero-order valence-electron chi connectivity index (χ0n) is 30.2. The fourth-order valence-corrected chi connectivity index (χ4v) is 7.85. The summed E-state index contributed by atoms with van der Waals surface area (Å²) in [6.45, 7) is 2.16. The molecule has 0 fully saturated rings. The van der Waals surface area contributed by atoms with E-state index in [4.69, 9.17) is 4.98 Å². The van der Waals surface area contributed by atoms with Crippen LogP contribution in [0.4, 0.5) is 22.7 Å². The summed E-state index contributed by atoms with van der Waals surface area (Å²) in [7, 11) is 4.21. The summed E-state index contributed by atoms with van der Waals surface area (Å²) in [5.74, 6) is 0.854. The van der Waals surface area contributed by atoms with Crippen molar-refractivity contribution in [2.75, 3.05) is 9.80 Å². The second kappa shape index (κ2) is 14.1. The molecule has 0 saturated heterocycles. The third-order valence-electron chi connectivity index (χ3n) is 10.4. The van der Waals surface area contributed by atoms with Gasteiger partial charge >= 0.3 is 0 Å². The molecule has 55 heavy (non-hydrogen) atoms. The van der Waals surface area contributed by atoms with Crippen molar-refractivity contribution in [3.05, 3.63) is 212 Å². The van der Waals surface area contributed by atoms with E-state index in [1.165, 1.54) is 0 Å². The van der Waals surface area contributed by atoms with E-state index in [0.717, 1.165) is 84.0 Å². The zero-order valence-corrected chi connectivity index (χ0v) is 32.5. The van der Waals surface area contributed by atoms with Crippen LogP contribution in [0.2, 0.25) is 0 Å². The molecule has 10 rings (SSSR count). The first kappa shape index (κ1) is 34.4. The maximum absolute atomic E-state index is 4.80. The van der Waals surface area contributed by atoms with Gasteiger partial charge in [0.2, 0.25) is 0 Å². The number of aromatic nitrogens is 4. The van der Waals surface area contributed by atoms with Crippen molar-refractivity contribution in [1.82, 2.24) is 18.7 Å². The van der Waals surface area contributed by atoms with Crippen LogP contribution >= 0.6 is 0 Å². The SMILES string of the molecule is Cn1cccc1C(=C(c1[c-]c(N2[CH-]N(c3ccccc3)c3ccccc32)ccc1)c1[c-]c2c(cc1)c1ccccc1n2-c1ccccn1)c1cccn1C.[Pt]. The van der Waals surface area contributed by atoms with Crippen molar-refractivity contribution in [3.63, 3.8) is 0 Å². The van der Waals surface area contributed by atoms with Crippen LogP contribution in [0.5, 0.6) is 0 Å². The maximum Gasteiger partial charge on any atom is 0.136 e. The summed E-state index contributed by atoms with van der Waals surface area (Å²) < 4.78 is 6.61. The van der Waals surface area contributed by atoms with Crippen LogP contribution < -0.4 is 9.80 Å². The van der Waals surface area contributed by atoms with Crippen molar-refractivity contribution in [2.45, 2.75) is 0 Å². The molecule has 6 nitrogen and oxygen atoms in total. The first-order valence-electron chi connectivity index (χ1n) is 18.1. The fourth-order valence-electron chi connectivity index (χ4n) is 7.85. The standard InChI is InChI=1S/C48H35N6.Pt/c1-50-29-13-23-43(50)48(44-24-14-30-51(44)2)47(35-26-27-39-38-19-6-7-20-40(38)54(45(39)32-35)46-25-10-11-28-49-46)34-15-12-18-37(31-34)53-33-52(36-16-4-3-5-17-36)41-21-8-9-22-42(41)53;/h3-30,33H,1-2H3;/q-3;. The average Bonchev–Trinajstić information content (AvgIpc) is 4.02. The van der Waals surface area contributed by atoms with E-state index in [1.54, 1.807) is 0 Å². The van der Waals surface area contributed by atoms with Gasteiger partial charge in [-0.15, -0.1) is 60.3 Å². The van der Waals surface area contributed by atoms with Crippen LogP contribution in [0.25, 0.3) is 38.8 Å². The van der Waals surface area contributed by atoms with Gasteiger partial charge in [-0.1, -0.05) is 71.2 Å². The van der Waals surface area contributed by atoms with Crippen LogP contribution in [0.1, 0.15) is 22.5 Å². The maximum atomic E-state index is 4.80. The van der Waals surface area contributed by atoms with Gasteiger partial charge in [0, 0.05) is 87.7 Å². The Labute approximate surface area is 335 Å². The van der Waals surface area contributed by atoms with Gasteiger partial charge in [0.25, 0.3) is 0 Å². The van der Waals surface area contributed by atoms with E-state index in [1.807, 2.05) is 18.3 Å². The van der Waals surface area contributed by atoms with Gasteiger partial charge in [-0.3, -0.25) is 0 Å². The number of para-hydroxylation sites is 4. The minimum absolute atomic E-state index is 0. The molecule has 0 unspecified atom stereocenters. The Balaban J connectivity index is 0.00000397. The van der Waals surface area contributed by atoms with Crippen molar-refractivity contribution in [3.8, 4) is 5.82 Å². The molecule has 1 aliphatic rings. The molecule has 0 spiro atoms. The van der Waals surface area contributed by atoms with Gasteiger partial charge in [-0.05, 0) is 83.2 Å². The molecule has 0 aliphatic carbocycles. The number of nitrogens with zero attached hydrogens (tertiary/aromatic N) is 6. The molecule has 1 aliphatic heterocycles. The molecule has 0 amide bonds. The molecule has 5 heterocycles. The molecule has 0 saturated carbocycles. The van der Waals surface area contributed by atoms with Gasteiger partial charge in [-0.2, -0.15) is 0 Å². The second-order valence-corrected chi connectivity index (χ2v) is 13.6. The topological polar surface area (TPSA) is 34.2 Å². The number of pyridine rings is 1. The quantitative estimate of drug-likeness (QED) is 0.150. The third kappa shape index (κ3) is 5.81. The smallest absolute Gasteiger partial charge is 0.136 e. The molecule has 4 aromatic heterocycles. The van der Waals surface area contributed by atoms with Gasteiger partial charge in [0.05, 0.1) is 0 Å². The summed E-state index contributed by atoms with van der Waals surface area (Å²) >= 11 is 0. The van der Waals surface area contributed by atoms with Gasteiger partial charge in [-0.25, -0.2) is 4.98 Å². The van der Waals surface area contributed by atoms with Crippen LogP contribution in [0, 0.1) is 18.8 Å². The molecule has 0 radical (unpaired) electrons. The number of hydrogen-bond acceptors (Lipinski definition) is 3. The van der Waals surface area contributed by atoms with E-state index in [9.17, 15) is 0 Å². The number of rotatable bonds is 7. The zero-order chi connectivity index (χ0) is 36.2. The van der Waals surface area contributed by atoms with Crippen LogP contribution in [-0.4, -0.2) is 18.7 Å². The molecule has 7 heteroatoms. The van der Waals surface area contributed by atoms with E-state index in [2.05, 4.69) is 208 Å². The summed E-state index contributed by atoms with van der Waals surface area (Å²) in [6, 6.07) is 61.0. The monoisotopic (exact) mass is 890 g/mol. The second-order valence-electron chi connectivity index (χ2n) is 13.6. The third-order valence-corrected chi connectivity index (χ3v) is 10.4. The average molecular weight is 891 g/mol. The largest absolute Gasteiger partial charge is 0.488 e. The summed E-state index contributed by atoms with van der Waals surface area (Å²) in [5.41, 5.74) is 12.6. The van der Waals surface area contributed by atoms with E-state index in [0.29, 0.717) is 0 Å². The number of aryl methyl sites for hydroxylation is 2. The molecule has 5 aromatic carbocycles. The molecule has 0 atom stereocenters. The Morgan fingerprint density at radius 3 is 1.93 bits per heavy atom. The predicted molar refractivity (Wildman–Crippen MR) is 220 cm³/mol. The summed E-state index contributed by atoms with van der Waals surface area (Å²) in [5, 5.41) is 2.29. The number of fused-ring (bicyclic) bond motifs is 4. The Morgan fingerprint density at radius 1 is 0.545 bits per heavy atom. The molecule has 0 bridgehead atoms. The molecular weight excluding hydrogens is 856 g/mol. The first-order chi connectivity index (χ1) is 26.6. The van der Waals surface area contributed by atoms with Gasteiger partial charge in [0.1, 0.15) is 5.82 Å². The van der Waals surface area contributed by atoms with Gasteiger partial charge < -0.3 is 23.5 Å². The fraction of sp³-hybridized carbons (Fsp3) is 0.0417. The van der Waals surface area contributed by atoms with Crippen LogP contribution in [-0.2, 0) is 35.2 Å². The summed E-state index contributed by atoms with van der Waals surface area (Å²) in [6.07, 6.45) is 6.06. The minimum atomic E-state index is 0. The van der Waals surface area contributed by atoms with E-state index >= 15 is 0 Å². The minimum Gasteiger partial charge on any atom is -0.488 e. The normalized spacial score (nSPS) is 12.3. The Kier molecular flexibility index (Phi) is 8.84. The van der Waals surface area contributed by atoms with Gasteiger partial charge in [0.15, 0.2) is 0 Å². The Hall–Kier alpha value is -6.36. The molecule has 0 N–H and O–H groups in total. The Bertz CT molecular complexity index is 2800. The van der Waals surface area contributed by atoms with E-state index < -0.39 is 0 Å². The Morgan fingerprint density at radius 2 is 1.22 bits per heavy atom. The summed E-state index contributed by atoms with van der Waals surface area (Å²) in [4.78, 5) is 9.28. The predicted octanol–water partition coefficient (Wildman–Crippen LogP) is 10.9. The molecular formula is C48H35N6Pt-3. The number of anilines is 4. The van der Waals surface area contributed by atoms with E-state index in [-0.39, 0.29) is 21.1 Å². The number of hydrogen-bond donors (Lipinski definition) is 0. The van der Waals surface area contributed by atoms with Crippen LogP contribution in [0.3, 0.4) is 0 Å². The molecule has 9 aromatic rings. The van der Waals surface area contributed by atoms with Crippen molar-refractivity contribution in [2.24, 2.45) is 14.1 Å². The first-order valence-corrected chi connectivity index (χ1v) is 18.1. The van der Waals surface area contributed by atoms with Crippen molar-refractivity contribution >= 4 is 55.7 Å². The van der Waals surface area contributed by atoms with Crippen molar-refractivity contribution in [1.29, 1.82) is 0 Å². The number of benzene rings is 5. The molecule has 270 valence electrons. The van der Waals surface area contributed by atoms with Crippen molar-refractivity contribution < 1.29 is 21.1 Å². The van der Waals surface area contributed by atoms with Crippen LogP contribution in [0.15, 0.2) is 170 Å².